The number of carbonyl (C=O) groups is 1. The van der Waals surface area contributed by atoms with Gasteiger partial charge in [0, 0.05) is 24.1 Å². The van der Waals surface area contributed by atoms with E-state index >= 15 is 0 Å². The number of rotatable bonds is 4. The molecule has 2 rings (SSSR count). The van der Waals surface area contributed by atoms with Crippen molar-refractivity contribution in [2.24, 2.45) is 11.1 Å². The third-order valence-corrected chi connectivity index (χ3v) is 3.66. The van der Waals surface area contributed by atoms with E-state index in [-0.39, 0.29) is 18.2 Å². The van der Waals surface area contributed by atoms with E-state index < -0.39 is 11.4 Å². The van der Waals surface area contributed by atoms with Crippen LogP contribution in [0, 0.1) is 5.41 Å². The molecule has 0 aliphatic carbocycles. The molecule has 1 unspecified atom stereocenters. The van der Waals surface area contributed by atoms with Gasteiger partial charge in [-0.3, -0.25) is 4.79 Å². The fourth-order valence-electron chi connectivity index (χ4n) is 2.30. The number of nitrogens with two attached hydrogens (primary N) is 1. The molecule has 1 heterocycles. The molecule has 1 aliphatic rings. The van der Waals surface area contributed by atoms with Gasteiger partial charge in [0.1, 0.15) is 23.7 Å². The molecule has 0 saturated carbocycles. The molecular weight excluding hydrogens is 270 g/mol. The van der Waals surface area contributed by atoms with Crippen molar-refractivity contribution in [2.45, 2.75) is 45.8 Å². The van der Waals surface area contributed by atoms with Crippen molar-refractivity contribution >= 4 is 5.97 Å². The van der Waals surface area contributed by atoms with Gasteiger partial charge in [-0.05, 0) is 33.8 Å². The van der Waals surface area contributed by atoms with Crippen LogP contribution in [0.25, 0.3) is 0 Å². The van der Waals surface area contributed by atoms with E-state index in [0.717, 1.165) is 12.0 Å². The highest BCUT2D eigenvalue weighted by Gasteiger charge is 2.32. The van der Waals surface area contributed by atoms with Gasteiger partial charge in [0.15, 0.2) is 0 Å². The molecule has 21 heavy (non-hydrogen) atoms. The predicted molar refractivity (Wildman–Crippen MR) is 79.6 cm³/mol. The van der Waals surface area contributed by atoms with Crippen LogP contribution in [0.1, 0.15) is 45.7 Å². The van der Waals surface area contributed by atoms with E-state index in [9.17, 15) is 4.79 Å². The Kier molecular flexibility index (Phi) is 3.89. The third kappa shape index (κ3) is 3.47. The largest absolute Gasteiger partial charge is 0.492 e. The van der Waals surface area contributed by atoms with Crippen molar-refractivity contribution in [3.8, 4) is 11.5 Å². The zero-order valence-electron chi connectivity index (χ0n) is 13.0. The number of benzene rings is 1. The van der Waals surface area contributed by atoms with Crippen LogP contribution in [0.3, 0.4) is 0 Å². The maximum absolute atomic E-state index is 11.1. The summed E-state index contributed by atoms with van der Waals surface area (Å²) in [6.45, 7) is 7.34. The molecule has 0 spiro atoms. The first-order valence-corrected chi connectivity index (χ1v) is 7.05. The molecule has 1 aliphatic heterocycles. The van der Waals surface area contributed by atoms with Gasteiger partial charge in [0.05, 0.1) is 5.41 Å². The highest BCUT2D eigenvalue weighted by Crippen LogP contribution is 2.40. The summed E-state index contributed by atoms with van der Waals surface area (Å²) in [4.78, 5) is 11.1. The Labute approximate surface area is 125 Å². The first-order valence-electron chi connectivity index (χ1n) is 7.05. The Morgan fingerprint density at radius 2 is 2.19 bits per heavy atom. The first-order chi connectivity index (χ1) is 9.61. The summed E-state index contributed by atoms with van der Waals surface area (Å²) in [7, 11) is 0. The minimum atomic E-state index is -0.938. The molecule has 1 aromatic carbocycles. The van der Waals surface area contributed by atoms with Crippen LogP contribution < -0.4 is 15.2 Å². The van der Waals surface area contributed by atoms with E-state index in [0.29, 0.717) is 11.5 Å². The minimum absolute atomic E-state index is 0.0618. The summed E-state index contributed by atoms with van der Waals surface area (Å²) in [6.07, 6.45) is 0.756. The Morgan fingerprint density at radius 3 is 2.81 bits per heavy atom. The zero-order valence-corrected chi connectivity index (χ0v) is 13.0. The van der Waals surface area contributed by atoms with Crippen LogP contribution in [0.5, 0.6) is 11.5 Å². The fraction of sp³-hybridized carbons (Fsp3) is 0.562. The SMILES string of the molecule is CC1(C)CC(N)c2ccc(OCC(C)(C)C(=O)O)cc2O1. The number of aliphatic carboxylic acids is 1. The Hall–Kier alpha value is -1.75. The quantitative estimate of drug-likeness (QED) is 0.892. The van der Waals surface area contributed by atoms with Crippen molar-refractivity contribution in [1.82, 2.24) is 0 Å². The van der Waals surface area contributed by atoms with Crippen molar-refractivity contribution in [3.63, 3.8) is 0 Å². The highest BCUT2D eigenvalue weighted by atomic mass is 16.5. The lowest BCUT2D eigenvalue weighted by molar-refractivity contribution is -0.148. The summed E-state index contributed by atoms with van der Waals surface area (Å²) in [5.41, 5.74) is 5.86. The number of carboxylic acid groups (broad SMARTS) is 1. The summed E-state index contributed by atoms with van der Waals surface area (Å²) in [6, 6.07) is 5.42. The standard InChI is InChI=1S/C16H23NO4/c1-15(2,14(18)19)9-20-10-5-6-11-12(17)8-16(3,4)21-13(11)7-10/h5-7,12H,8-9,17H2,1-4H3,(H,18,19). The lowest BCUT2D eigenvalue weighted by Gasteiger charge is -2.36. The summed E-state index contributed by atoms with van der Waals surface area (Å²) in [5.74, 6) is 0.414. The van der Waals surface area contributed by atoms with Crippen molar-refractivity contribution in [1.29, 1.82) is 0 Å². The average Bonchev–Trinajstić information content (AvgIpc) is 2.34. The van der Waals surface area contributed by atoms with E-state index in [1.807, 2.05) is 19.9 Å². The second-order valence-electron chi connectivity index (χ2n) is 6.85. The lowest BCUT2D eigenvalue weighted by atomic mass is 9.90. The van der Waals surface area contributed by atoms with Gasteiger partial charge in [0.2, 0.25) is 0 Å². The molecule has 0 radical (unpaired) electrons. The molecule has 0 amide bonds. The Morgan fingerprint density at radius 1 is 1.52 bits per heavy atom. The van der Waals surface area contributed by atoms with Gasteiger partial charge in [-0.25, -0.2) is 0 Å². The first kappa shape index (κ1) is 15.6. The number of hydrogen-bond acceptors (Lipinski definition) is 4. The summed E-state index contributed by atoms with van der Waals surface area (Å²) >= 11 is 0. The number of hydrogen-bond donors (Lipinski definition) is 2. The molecule has 5 nitrogen and oxygen atoms in total. The molecule has 0 saturated heterocycles. The smallest absolute Gasteiger partial charge is 0.312 e. The van der Waals surface area contributed by atoms with Crippen LogP contribution in [-0.2, 0) is 4.79 Å². The van der Waals surface area contributed by atoms with Crippen LogP contribution >= 0.6 is 0 Å². The molecule has 0 bridgehead atoms. The summed E-state index contributed by atoms with van der Waals surface area (Å²) < 4.78 is 11.5. The van der Waals surface area contributed by atoms with Gasteiger partial charge in [-0.1, -0.05) is 6.07 Å². The third-order valence-electron chi connectivity index (χ3n) is 3.66. The van der Waals surface area contributed by atoms with Crippen LogP contribution in [0.15, 0.2) is 18.2 Å². The molecular formula is C16H23NO4. The van der Waals surface area contributed by atoms with E-state index in [1.165, 1.54) is 0 Å². The molecule has 5 heteroatoms. The number of carboxylic acids is 1. The van der Waals surface area contributed by atoms with E-state index in [2.05, 4.69) is 0 Å². The van der Waals surface area contributed by atoms with Crippen molar-refractivity contribution in [2.75, 3.05) is 6.61 Å². The van der Waals surface area contributed by atoms with Gasteiger partial charge >= 0.3 is 5.97 Å². The second-order valence-corrected chi connectivity index (χ2v) is 6.85. The zero-order chi connectivity index (χ0) is 15.8. The molecule has 1 atom stereocenters. The van der Waals surface area contributed by atoms with Crippen molar-refractivity contribution < 1.29 is 19.4 Å². The monoisotopic (exact) mass is 293 g/mol. The van der Waals surface area contributed by atoms with Crippen LogP contribution in [0.2, 0.25) is 0 Å². The van der Waals surface area contributed by atoms with E-state index in [4.69, 9.17) is 20.3 Å². The Bertz CT molecular complexity index is 551. The molecule has 3 N–H and O–H groups in total. The maximum atomic E-state index is 11.1. The van der Waals surface area contributed by atoms with Crippen LogP contribution in [0.4, 0.5) is 0 Å². The lowest BCUT2D eigenvalue weighted by Crippen LogP contribution is -2.37. The summed E-state index contributed by atoms with van der Waals surface area (Å²) in [5, 5.41) is 9.09. The minimum Gasteiger partial charge on any atom is -0.492 e. The van der Waals surface area contributed by atoms with Crippen molar-refractivity contribution in [3.05, 3.63) is 23.8 Å². The maximum Gasteiger partial charge on any atom is 0.312 e. The van der Waals surface area contributed by atoms with Crippen LogP contribution in [-0.4, -0.2) is 23.3 Å². The predicted octanol–water partition coefficient (Wildman–Crippen LogP) is 2.74. The Balaban J connectivity index is 2.16. The molecule has 0 fully saturated rings. The van der Waals surface area contributed by atoms with Gasteiger partial charge in [0.25, 0.3) is 0 Å². The van der Waals surface area contributed by atoms with E-state index in [1.54, 1.807) is 26.0 Å². The van der Waals surface area contributed by atoms with Gasteiger partial charge < -0.3 is 20.3 Å². The van der Waals surface area contributed by atoms with Gasteiger partial charge in [-0.15, -0.1) is 0 Å². The highest BCUT2D eigenvalue weighted by molar-refractivity contribution is 5.73. The topological polar surface area (TPSA) is 81.8 Å². The molecule has 0 aromatic heterocycles. The number of ether oxygens (including phenoxy) is 2. The normalized spacial score (nSPS) is 20.3. The van der Waals surface area contributed by atoms with Gasteiger partial charge in [-0.2, -0.15) is 0 Å². The number of fused-ring (bicyclic) bond motifs is 1. The molecule has 116 valence electrons. The molecule has 1 aromatic rings. The fourth-order valence-corrected chi connectivity index (χ4v) is 2.30. The average molecular weight is 293 g/mol. The second kappa shape index (κ2) is 5.22.